The quantitative estimate of drug-likeness (QED) is 0.420. The molecule has 2 amide bonds. The van der Waals surface area contributed by atoms with Crippen LogP contribution >= 0.6 is 24.0 Å². The average molecular weight is 403 g/mol. The lowest BCUT2D eigenvalue weighted by Gasteiger charge is -2.48. The van der Waals surface area contributed by atoms with Crippen molar-refractivity contribution < 1.29 is 14.0 Å². The Morgan fingerprint density at radius 2 is 2.12 bits per heavy atom. The van der Waals surface area contributed by atoms with Gasteiger partial charge in [-0.2, -0.15) is 0 Å². The van der Waals surface area contributed by atoms with Crippen molar-refractivity contribution in [3.05, 3.63) is 0 Å². The molecule has 2 heterocycles. The standard InChI is InChI=1S/C17H30N2O3S2Si/c1-10(15(21)19-7-8-24-16(19)23)13-12(14(20)18-13)11(17(2,3)4)9-22-25(5)6/h10-13,25H,7-9H2,1-6H3,(H,18,20)/t10-,11-,12+,13-/m1/s1. The van der Waals surface area contributed by atoms with Gasteiger partial charge in [-0.3, -0.25) is 14.5 Å². The maximum Gasteiger partial charge on any atom is 0.232 e. The van der Waals surface area contributed by atoms with Crippen molar-refractivity contribution in [3.63, 3.8) is 0 Å². The van der Waals surface area contributed by atoms with Gasteiger partial charge in [-0.05, 0) is 24.4 Å². The van der Waals surface area contributed by atoms with E-state index < -0.39 is 9.04 Å². The number of amides is 2. The van der Waals surface area contributed by atoms with Crippen LogP contribution in [0.2, 0.25) is 13.1 Å². The zero-order chi connectivity index (χ0) is 18.9. The summed E-state index contributed by atoms with van der Waals surface area (Å²) in [6.45, 7) is 13.9. The minimum Gasteiger partial charge on any atom is -0.420 e. The second-order valence-electron chi connectivity index (χ2n) is 8.31. The van der Waals surface area contributed by atoms with Gasteiger partial charge in [0.05, 0.1) is 17.9 Å². The summed E-state index contributed by atoms with van der Waals surface area (Å²) in [7, 11) is -1.16. The van der Waals surface area contributed by atoms with E-state index in [4.69, 9.17) is 16.6 Å². The number of carbonyl (C=O) groups excluding carboxylic acids is 2. The molecule has 142 valence electrons. The molecule has 2 saturated heterocycles. The molecule has 0 saturated carbocycles. The lowest BCUT2D eigenvalue weighted by Crippen LogP contribution is -2.67. The van der Waals surface area contributed by atoms with E-state index in [1.165, 1.54) is 0 Å². The highest BCUT2D eigenvalue weighted by Gasteiger charge is 2.52. The Labute approximate surface area is 162 Å². The second-order valence-corrected chi connectivity index (χ2v) is 12.5. The van der Waals surface area contributed by atoms with Crippen LogP contribution in [0.4, 0.5) is 0 Å². The van der Waals surface area contributed by atoms with Crippen LogP contribution in [0.5, 0.6) is 0 Å². The number of rotatable bonds is 6. The summed E-state index contributed by atoms with van der Waals surface area (Å²) in [5, 5.41) is 2.97. The van der Waals surface area contributed by atoms with Crippen LogP contribution < -0.4 is 5.32 Å². The highest BCUT2D eigenvalue weighted by molar-refractivity contribution is 8.23. The molecule has 0 aliphatic carbocycles. The lowest BCUT2D eigenvalue weighted by molar-refractivity contribution is -0.148. The summed E-state index contributed by atoms with van der Waals surface area (Å²) in [6, 6.07) is -0.143. The SMILES string of the molecule is C[C@@H](C(=O)N1CCSC1=S)[C@H]1NC(=O)[C@H]1[C@@H](CO[SiH](C)C)C(C)(C)C. The zero-order valence-corrected chi connectivity index (χ0v) is 18.8. The van der Waals surface area contributed by atoms with Gasteiger partial charge in [0.15, 0.2) is 9.04 Å². The van der Waals surface area contributed by atoms with Crippen molar-refractivity contribution in [1.29, 1.82) is 0 Å². The molecule has 0 aromatic rings. The number of hydrogen-bond donors (Lipinski definition) is 1. The van der Waals surface area contributed by atoms with Crippen molar-refractivity contribution in [2.75, 3.05) is 18.9 Å². The predicted molar refractivity (Wildman–Crippen MR) is 109 cm³/mol. The van der Waals surface area contributed by atoms with Crippen LogP contribution in [0.1, 0.15) is 27.7 Å². The van der Waals surface area contributed by atoms with Gasteiger partial charge in [0.25, 0.3) is 0 Å². The zero-order valence-electron chi connectivity index (χ0n) is 16.0. The fourth-order valence-corrected chi connectivity index (χ4v) is 5.28. The number of β-lactam (4-membered cyclic amide) rings is 1. The first-order chi connectivity index (χ1) is 11.5. The summed E-state index contributed by atoms with van der Waals surface area (Å²) in [5.41, 5.74) is -0.0640. The van der Waals surface area contributed by atoms with Gasteiger partial charge in [0, 0.05) is 18.9 Å². The highest BCUT2D eigenvalue weighted by Crippen LogP contribution is 2.40. The topological polar surface area (TPSA) is 58.6 Å². The Morgan fingerprint density at radius 3 is 2.56 bits per heavy atom. The number of hydrogen-bond acceptors (Lipinski definition) is 5. The molecular weight excluding hydrogens is 372 g/mol. The highest BCUT2D eigenvalue weighted by atomic mass is 32.2. The van der Waals surface area contributed by atoms with Gasteiger partial charge < -0.3 is 9.74 Å². The van der Waals surface area contributed by atoms with E-state index >= 15 is 0 Å². The van der Waals surface area contributed by atoms with E-state index in [1.807, 2.05) is 6.92 Å². The van der Waals surface area contributed by atoms with E-state index in [-0.39, 0.29) is 41.0 Å². The average Bonchev–Trinajstić information content (AvgIpc) is 2.91. The molecule has 2 aliphatic heterocycles. The normalized spacial score (nSPS) is 26.4. The molecule has 0 unspecified atom stereocenters. The van der Waals surface area contributed by atoms with Crippen molar-refractivity contribution in [2.24, 2.45) is 23.2 Å². The molecule has 25 heavy (non-hydrogen) atoms. The predicted octanol–water partition coefficient (Wildman–Crippen LogP) is 2.26. The van der Waals surface area contributed by atoms with E-state index in [0.717, 1.165) is 5.75 Å². The molecule has 2 rings (SSSR count). The number of thiocarbonyl (C=S) groups is 1. The summed E-state index contributed by atoms with van der Waals surface area (Å²) >= 11 is 6.82. The molecule has 0 aromatic heterocycles. The summed E-state index contributed by atoms with van der Waals surface area (Å²) in [5.74, 6) is 0.552. The van der Waals surface area contributed by atoms with Crippen molar-refractivity contribution in [3.8, 4) is 0 Å². The molecule has 5 nitrogen and oxygen atoms in total. The van der Waals surface area contributed by atoms with Crippen LogP contribution in [0.25, 0.3) is 0 Å². The minimum atomic E-state index is -1.16. The van der Waals surface area contributed by atoms with Crippen LogP contribution in [0.3, 0.4) is 0 Å². The van der Waals surface area contributed by atoms with E-state index in [9.17, 15) is 9.59 Å². The fourth-order valence-electron chi connectivity index (χ4n) is 3.47. The van der Waals surface area contributed by atoms with Crippen molar-refractivity contribution in [2.45, 2.75) is 46.8 Å². The monoisotopic (exact) mass is 402 g/mol. The minimum absolute atomic E-state index is 0.0248. The van der Waals surface area contributed by atoms with Gasteiger partial charge >= 0.3 is 0 Å². The maximum atomic E-state index is 12.8. The van der Waals surface area contributed by atoms with Gasteiger partial charge in [0.2, 0.25) is 11.8 Å². The van der Waals surface area contributed by atoms with Crippen LogP contribution in [0, 0.1) is 23.2 Å². The molecule has 0 bridgehead atoms. The van der Waals surface area contributed by atoms with E-state index in [0.29, 0.717) is 17.5 Å². The molecule has 8 heteroatoms. The molecule has 2 aliphatic rings. The van der Waals surface area contributed by atoms with Gasteiger partial charge in [-0.1, -0.05) is 51.7 Å². The van der Waals surface area contributed by atoms with Gasteiger partial charge in [0.1, 0.15) is 4.32 Å². The Kier molecular flexibility index (Phi) is 6.73. The molecule has 4 atom stereocenters. The summed E-state index contributed by atoms with van der Waals surface area (Å²) in [4.78, 5) is 26.9. The lowest BCUT2D eigenvalue weighted by atomic mass is 9.65. The van der Waals surface area contributed by atoms with Gasteiger partial charge in [-0.25, -0.2) is 0 Å². The van der Waals surface area contributed by atoms with E-state index in [1.54, 1.807) is 16.7 Å². The summed E-state index contributed by atoms with van der Waals surface area (Å²) < 4.78 is 6.63. The molecule has 2 fully saturated rings. The van der Waals surface area contributed by atoms with Crippen LogP contribution in [-0.4, -0.2) is 55.0 Å². The third-order valence-electron chi connectivity index (χ3n) is 5.11. The number of thioether (sulfide) groups is 1. The molecule has 0 radical (unpaired) electrons. The Hall–Kier alpha value is -0.443. The first-order valence-electron chi connectivity index (χ1n) is 8.94. The molecule has 0 spiro atoms. The Bertz CT molecular complexity index is 551. The van der Waals surface area contributed by atoms with E-state index in [2.05, 4.69) is 39.2 Å². The second kappa shape index (κ2) is 8.06. The van der Waals surface area contributed by atoms with Gasteiger partial charge in [-0.15, -0.1) is 0 Å². The molecular formula is C17H30N2O3S2Si. The largest absolute Gasteiger partial charge is 0.420 e. The fraction of sp³-hybridized carbons (Fsp3) is 0.824. The third kappa shape index (κ3) is 4.64. The maximum absolute atomic E-state index is 12.8. The number of carbonyl (C=O) groups is 2. The molecule has 1 N–H and O–H groups in total. The third-order valence-corrected chi connectivity index (χ3v) is 7.40. The first-order valence-corrected chi connectivity index (χ1v) is 13.1. The number of nitrogens with one attached hydrogen (secondary N) is 1. The number of nitrogens with zero attached hydrogens (tertiary/aromatic N) is 1. The Balaban J connectivity index is 2.13. The first kappa shape index (κ1) is 20.9. The summed E-state index contributed by atoms with van der Waals surface area (Å²) in [6.07, 6.45) is 0. The van der Waals surface area contributed by atoms with Crippen molar-refractivity contribution >= 4 is 49.2 Å². The van der Waals surface area contributed by atoms with Crippen molar-refractivity contribution in [1.82, 2.24) is 10.2 Å². The van der Waals surface area contributed by atoms with Crippen LogP contribution in [-0.2, 0) is 14.0 Å². The van der Waals surface area contributed by atoms with Crippen LogP contribution in [0.15, 0.2) is 0 Å². The Morgan fingerprint density at radius 1 is 1.48 bits per heavy atom. The molecule has 0 aromatic carbocycles. The smallest absolute Gasteiger partial charge is 0.232 e.